The maximum Gasteiger partial charge on any atom is 0.0791 e. The maximum absolute atomic E-state index is 10.1. The molecule has 4 nitrogen and oxygen atoms in total. The second-order valence-electron chi connectivity index (χ2n) is 6.20. The standard InChI is InChI=1S/C15H30N2O2/c1-19-9-7-16-10-15(18)12-17-8-6-13-4-2-3-5-14(13)11-17/h13-16,18H,2-12H2,1H3. The van der Waals surface area contributed by atoms with E-state index in [4.69, 9.17) is 4.74 Å². The number of rotatable bonds is 7. The summed E-state index contributed by atoms with van der Waals surface area (Å²) in [6, 6.07) is 0. The van der Waals surface area contributed by atoms with Crippen LogP contribution in [0, 0.1) is 11.8 Å². The zero-order chi connectivity index (χ0) is 13.5. The molecule has 2 fully saturated rings. The molecule has 0 amide bonds. The van der Waals surface area contributed by atoms with Gasteiger partial charge in [0, 0.05) is 33.3 Å². The third-order valence-electron chi connectivity index (χ3n) is 4.71. The lowest BCUT2D eigenvalue weighted by molar-refractivity contribution is 0.0459. The van der Waals surface area contributed by atoms with Crippen molar-refractivity contribution in [2.75, 3.05) is 46.4 Å². The first-order valence-electron chi connectivity index (χ1n) is 7.89. The van der Waals surface area contributed by atoms with Crippen molar-refractivity contribution < 1.29 is 9.84 Å². The van der Waals surface area contributed by atoms with Crippen LogP contribution in [0.15, 0.2) is 0 Å². The predicted molar refractivity (Wildman–Crippen MR) is 77.3 cm³/mol. The highest BCUT2D eigenvalue weighted by atomic mass is 16.5. The maximum atomic E-state index is 10.1. The van der Waals surface area contributed by atoms with Gasteiger partial charge < -0.3 is 20.1 Å². The SMILES string of the molecule is COCCNCC(O)CN1CCC2CCCCC2C1. The van der Waals surface area contributed by atoms with Gasteiger partial charge >= 0.3 is 0 Å². The lowest BCUT2D eigenvalue weighted by Crippen LogP contribution is -2.46. The van der Waals surface area contributed by atoms with Crippen LogP contribution in [0.25, 0.3) is 0 Å². The minimum Gasteiger partial charge on any atom is -0.390 e. The van der Waals surface area contributed by atoms with Crippen molar-refractivity contribution in [3.8, 4) is 0 Å². The topological polar surface area (TPSA) is 44.7 Å². The van der Waals surface area contributed by atoms with Gasteiger partial charge in [-0.2, -0.15) is 0 Å². The Morgan fingerprint density at radius 2 is 2.05 bits per heavy atom. The van der Waals surface area contributed by atoms with Crippen LogP contribution in [-0.4, -0.2) is 62.6 Å². The van der Waals surface area contributed by atoms with Gasteiger partial charge in [-0.05, 0) is 31.2 Å². The molecular weight excluding hydrogens is 240 g/mol. The average Bonchev–Trinajstić information content (AvgIpc) is 2.43. The lowest BCUT2D eigenvalue weighted by Gasteiger charge is -2.41. The van der Waals surface area contributed by atoms with E-state index in [1.54, 1.807) is 7.11 Å². The van der Waals surface area contributed by atoms with Gasteiger partial charge in [-0.1, -0.05) is 19.3 Å². The molecule has 0 spiro atoms. The lowest BCUT2D eigenvalue weighted by atomic mass is 9.75. The quantitative estimate of drug-likeness (QED) is 0.680. The van der Waals surface area contributed by atoms with Crippen molar-refractivity contribution >= 4 is 0 Å². The van der Waals surface area contributed by atoms with Gasteiger partial charge in [0.05, 0.1) is 12.7 Å². The third-order valence-corrected chi connectivity index (χ3v) is 4.71. The fraction of sp³-hybridized carbons (Fsp3) is 1.00. The fourth-order valence-electron chi connectivity index (χ4n) is 3.65. The van der Waals surface area contributed by atoms with Crippen LogP contribution in [0.2, 0.25) is 0 Å². The Morgan fingerprint density at radius 1 is 1.26 bits per heavy atom. The van der Waals surface area contributed by atoms with E-state index in [1.165, 1.54) is 45.2 Å². The Balaban J connectivity index is 1.62. The molecule has 1 saturated carbocycles. The number of fused-ring (bicyclic) bond motifs is 1. The summed E-state index contributed by atoms with van der Waals surface area (Å²) in [5.74, 6) is 1.87. The number of piperidine rings is 1. The molecule has 19 heavy (non-hydrogen) atoms. The van der Waals surface area contributed by atoms with Gasteiger partial charge in [-0.25, -0.2) is 0 Å². The summed E-state index contributed by atoms with van der Waals surface area (Å²) >= 11 is 0. The molecule has 0 bridgehead atoms. The molecule has 112 valence electrons. The fourth-order valence-corrected chi connectivity index (χ4v) is 3.65. The van der Waals surface area contributed by atoms with E-state index in [0.717, 1.165) is 24.9 Å². The number of nitrogens with one attached hydrogen (secondary N) is 1. The molecule has 1 aliphatic carbocycles. The molecule has 3 unspecified atom stereocenters. The number of methoxy groups -OCH3 is 1. The van der Waals surface area contributed by atoms with Crippen molar-refractivity contribution in [3.05, 3.63) is 0 Å². The number of β-amino-alcohol motifs (C(OH)–C–C–N with tert-alkyl or cyclic N) is 1. The van der Waals surface area contributed by atoms with Crippen molar-refractivity contribution in [2.24, 2.45) is 11.8 Å². The summed E-state index contributed by atoms with van der Waals surface area (Å²) in [6.45, 7) is 5.41. The zero-order valence-electron chi connectivity index (χ0n) is 12.3. The van der Waals surface area contributed by atoms with E-state index in [1.807, 2.05) is 0 Å². The number of ether oxygens (including phenoxy) is 1. The van der Waals surface area contributed by atoms with Crippen molar-refractivity contribution in [3.63, 3.8) is 0 Å². The molecule has 4 heteroatoms. The minimum atomic E-state index is -0.253. The highest BCUT2D eigenvalue weighted by Gasteiger charge is 2.31. The summed E-state index contributed by atoms with van der Waals surface area (Å²) in [5, 5.41) is 13.3. The summed E-state index contributed by atoms with van der Waals surface area (Å²) in [7, 11) is 1.70. The van der Waals surface area contributed by atoms with Crippen LogP contribution in [-0.2, 0) is 4.74 Å². The average molecular weight is 270 g/mol. The first-order valence-corrected chi connectivity index (χ1v) is 7.89. The van der Waals surface area contributed by atoms with Crippen LogP contribution >= 0.6 is 0 Å². The number of aliphatic hydroxyl groups excluding tert-OH is 1. The molecule has 3 atom stereocenters. The van der Waals surface area contributed by atoms with E-state index in [2.05, 4.69) is 10.2 Å². The van der Waals surface area contributed by atoms with E-state index in [9.17, 15) is 5.11 Å². The van der Waals surface area contributed by atoms with Gasteiger partial charge in [-0.3, -0.25) is 0 Å². The summed E-state index contributed by atoms with van der Waals surface area (Å²) in [4.78, 5) is 2.47. The number of aliphatic hydroxyl groups is 1. The Labute approximate surface area is 117 Å². The molecule has 0 aromatic carbocycles. The van der Waals surface area contributed by atoms with E-state index in [-0.39, 0.29) is 6.10 Å². The zero-order valence-corrected chi connectivity index (χ0v) is 12.3. The summed E-state index contributed by atoms with van der Waals surface area (Å²) < 4.78 is 4.98. The van der Waals surface area contributed by atoms with E-state index < -0.39 is 0 Å². The molecular formula is C15H30N2O2. The second kappa shape index (κ2) is 8.20. The van der Waals surface area contributed by atoms with Gasteiger partial charge in [0.25, 0.3) is 0 Å². The summed E-state index contributed by atoms with van der Waals surface area (Å²) in [5.41, 5.74) is 0. The van der Waals surface area contributed by atoms with Crippen molar-refractivity contribution in [2.45, 2.75) is 38.2 Å². The number of hydrogen-bond donors (Lipinski definition) is 2. The first-order chi connectivity index (χ1) is 9.29. The molecule has 0 aromatic rings. The van der Waals surface area contributed by atoms with Gasteiger partial charge in [0.1, 0.15) is 0 Å². The molecule has 0 aromatic heterocycles. The predicted octanol–water partition coefficient (Wildman–Crippen LogP) is 1.10. The van der Waals surface area contributed by atoms with Crippen LogP contribution in [0.1, 0.15) is 32.1 Å². The summed E-state index contributed by atoms with van der Waals surface area (Å²) in [6.07, 6.45) is 6.79. The van der Waals surface area contributed by atoms with Gasteiger partial charge in [0.15, 0.2) is 0 Å². The largest absolute Gasteiger partial charge is 0.390 e. The first kappa shape index (κ1) is 15.2. The smallest absolute Gasteiger partial charge is 0.0791 e. The normalized spacial score (nSPS) is 30.0. The number of nitrogens with zero attached hydrogens (tertiary/aromatic N) is 1. The number of hydrogen-bond acceptors (Lipinski definition) is 4. The van der Waals surface area contributed by atoms with Crippen LogP contribution < -0.4 is 5.32 Å². The molecule has 2 aliphatic rings. The Morgan fingerprint density at radius 3 is 2.84 bits per heavy atom. The van der Waals surface area contributed by atoms with Crippen LogP contribution in [0.5, 0.6) is 0 Å². The van der Waals surface area contributed by atoms with Gasteiger partial charge in [-0.15, -0.1) is 0 Å². The molecule has 1 heterocycles. The van der Waals surface area contributed by atoms with Crippen molar-refractivity contribution in [1.29, 1.82) is 0 Å². The highest BCUT2D eigenvalue weighted by Crippen LogP contribution is 2.35. The highest BCUT2D eigenvalue weighted by molar-refractivity contribution is 4.84. The minimum absolute atomic E-state index is 0.253. The third kappa shape index (κ3) is 5.03. The molecule has 1 aliphatic heterocycles. The van der Waals surface area contributed by atoms with Gasteiger partial charge in [0.2, 0.25) is 0 Å². The molecule has 1 saturated heterocycles. The van der Waals surface area contributed by atoms with E-state index in [0.29, 0.717) is 13.2 Å². The van der Waals surface area contributed by atoms with Crippen LogP contribution in [0.4, 0.5) is 0 Å². The number of likely N-dealkylation sites (tertiary alicyclic amines) is 1. The van der Waals surface area contributed by atoms with E-state index >= 15 is 0 Å². The molecule has 2 N–H and O–H groups in total. The Kier molecular flexibility index (Phi) is 6.57. The Bertz CT molecular complexity index is 250. The molecule has 2 rings (SSSR count). The Hall–Kier alpha value is -0.160. The monoisotopic (exact) mass is 270 g/mol. The second-order valence-corrected chi connectivity index (χ2v) is 6.20. The van der Waals surface area contributed by atoms with Crippen molar-refractivity contribution in [1.82, 2.24) is 10.2 Å². The van der Waals surface area contributed by atoms with Crippen LogP contribution in [0.3, 0.4) is 0 Å². The molecule has 0 radical (unpaired) electrons.